The van der Waals surface area contributed by atoms with Crippen LogP contribution in [0.25, 0.3) is 0 Å². The Morgan fingerprint density at radius 1 is 1.35 bits per heavy atom. The molecule has 1 aliphatic rings. The van der Waals surface area contributed by atoms with Gasteiger partial charge in [-0.1, -0.05) is 12.1 Å². The molecule has 0 saturated carbocycles. The van der Waals surface area contributed by atoms with Crippen molar-refractivity contribution in [1.82, 2.24) is 4.31 Å². The van der Waals surface area contributed by atoms with Gasteiger partial charge in [0.05, 0.1) is 5.92 Å². The van der Waals surface area contributed by atoms with Gasteiger partial charge in [0.1, 0.15) is 10.6 Å². The molecule has 2 rings (SSSR count). The first-order valence-corrected chi connectivity index (χ1v) is 8.46. The molecule has 9 heteroatoms. The molecule has 6 nitrogen and oxygen atoms in total. The summed E-state index contributed by atoms with van der Waals surface area (Å²) in [6.07, 6.45) is 0.756. The number of hydrogen-bond donors (Lipinski definition) is 1. The average Bonchev–Trinajstić information content (AvgIpc) is 2.47. The lowest BCUT2D eigenvalue weighted by Crippen LogP contribution is -2.47. The smallest absolute Gasteiger partial charge is 0.387 e. The van der Waals surface area contributed by atoms with E-state index in [0.29, 0.717) is 12.8 Å². The van der Waals surface area contributed by atoms with Crippen LogP contribution in [-0.2, 0) is 14.8 Å². The monoisotopic (exact) mass is 349 g/mol. The summed E-state index contributed by atoms with van der Waals surface area (Å²) in [6.45, 7) is -1.69. The van der Waals surface area contributed by atoms with E-state index in [1.807, 2.05) is 0 Å². The van der Waals surface area contributed by atoms with E-state index in [2.05, 4.69) is 4.74 Å². The van der Waals surface area contributed by atoms with E-state index < -0.39 is 45.2 Å². The van der Waals surface area contributed by atoms with Crippen molar-refractivity contribution in [2.45, 2.75) is 37.3 Å². The van der Waals surface area contributed by atoms with Crippen molar-refractivity contribution in [3.63, 3.8) is 0 Å². The third-order valence-electron chi connectivity index (χ3n) is 3.83. The third-order valence-corrected chi connectivity index (χ3v) is 5.85. The third kappa shape index (κ3) is 3.78. The van der Waals surface area contributed by atoms with E-state index in [4.69, 9.17) is 5.11 Å². The number of rotatable bonds is 5. The van der Waals surface area contributed by atoms with E-state index >= 15 is 0 Å². The molecule has 1 N–H and O–H groups in total. The Balaban J connectivity index is 2.39. The number of alkyl halides is 2. The first kappa shape index (κ1) is 17.6. The molecule has 1 saturated heterocycles. The summed E-state index contributed by atoms with van der Waals surface area (Å²) in [5.74, 6) is -2.34. The number of benzene rings is 1. The zero-order chi connectivity index (χ0) is 17.2. The topological polar surface area (TPSA) is 83.9 Å². The van der Waals surface area contributed by atoms with Crippen molar-refractivity contribution in [2.24, 2.45) is 5.92 Å². The molecule has 1 aromatic rings. The van der Waals surface area contributed by atoms with Crippen LogP contribution < -0.4 is 4.74 Å². The molecule has 2 unspecified atom stereocenters. The Hall–Kier alpha value is -1.74. The molecule has 1 aliphatic heterocycles. The van der Waals surface area contributed by atoms with Crippen molar-refractivity contribution in [2.75, 3.05) is 6.54 Å². The van der Waals surface area contributed by atoms with Crippen LogP contribution in [0.1, 0.15) is 19.8 Å². The molecular weight excluding hydrogens is 332 g/mol. The maximum Gasteiger partial charge on any atom is 0.387 e. The summed E-state index contributed by atoms with van der Waals surface area (Å²) in [5.41, 5.74) is 0. The maximum atomic E-state index is 12.8. The Bertz CT molecular complexity index is 680. The number of carbonyl (C=O) groups is 1. The number of carboxylic acids is 1. The van der Waals surface area contributed by atoms with E-state index in [0.717, 1.165) is 10.4 Å². The van der Waals surface area contributed by atoms with Gasteiger partial charge in [-0.3, -0.25) is 4.79 Å². The highest BCUT2D eigenvalue weighted by Crippen LogP contribution is 2.33. The second-order valence-corrected chi connectivity index (χ2v) is 7.22. The molecule has 1 fully saturated rings. The first-order chi connectivity index (χ1) is 10.7. The highest BCUT2D eigenvalue weighted by molar-refractivity contribution is 7.89. The van der Waals surface area contributed by atoms with Crippen LogP contribution in [0.4, 0.5) is 8.78 Å². The number of ether oxygens (including phenoxy) is 1. The summed E-state index contributed by atoms with van der Waals surface area (Å²) < 4.78 is 55.8. The van der Waals surface area contributed by atoms with Crippen LogP contribution in [0.3, 0.4) is 0 Å². The normalized spacial score (nSPS) is 23.0. The number of hydrogen-bond acceptors (Lipinski definition) is 4. The molecule has 0 bridgehead atoms. The minimum atomic E-state index is -4.14. The van der Waals surface area contributed by atoms with E-state index in [1.54, 1.807) is 6.92 Å². The van der Waals surface area contributed by atoms with Crippen molar-refractivity contribution >= 4 is 16.0 Å². The van der Waals surface area contributed by atoms with E-state index in [1.165, 1.54) is 18.2 Å². The number of nitrogens with zero attached hydrogens (tertiary/aromatic N) is 1. The number of halogens is 2. The lowest BCUT2D eigenvalue weighted by atomic mass is 9.96. The van der Waals surface area contributed by atoms with Crippen LogP contribution in [0, 0.1) is 5.92 Å². The van der Waals surface area contributed by atoms with E-state index in [-0.39, 0.29) is 6.54 Å². The highest BCUT2D eigenvalue weighted by atomic mass is 32.2. The summed E-state index contributed by atoms with van der Waals surface area (Å²) in [5, 5.41) is 9.11. The molecule has 0 aliphatic carbocycles. The van der Waals surface area contributed by atoms with Crippen LogP contribution >= 0.6 is 0 Å². The van der Waals surface area contributed by atoms with Gasteiger partial charge < -0.3 is 9.84 Å². The van der Waals surface area contributed by atoms with Gasteiger partial charge in [-0.25, -0.2) is 8.42 Å². The maximum absolute atomic E-state index is 12.8. The van der Waals surface area contributed by atoms with Crippen molar-refractivity contribution in [1.29, 1.82) is 0 Å². The Labute approximate surface area is 132 Å². The average molecular weight is 349 g/mol. The lowest BCUT2D eigenvalue weighted by Gasteiger charge is -2.35. The van der Waals surface area contributed by atoms with Gasteiger partial charge in [0, 0.05) is 12.6 Å². The van der Waals surface area contributed by atoms with Gasteiger partial charge in [-0.05, 0) is 31.9 Å². The van der Waals surface area contributed by atoms with Gasteiger partial charge in [0.15, 0.2) is 0 Å². The lowest BCUT2D eigenvalue weighted by molar-refractivity contribution is -0.143. The summed E-state index contributed by atoms with van der Waals surface area (Å²) in [6, 6.07) is 4.67. The minimum absolute atomic E-state index is 0.193. The second-order valence-electron chi connectivity index (χ2n) is 5.36. The number of para-hydroxylation sites is 1. The number of piperidine rings is 1. The molecular formula is C14H17F2NO5S. The molecule has 0 radical (unpaired) electrons. The molecule has 23 heavy (non-hydrogen) atoms. The zero-order valence-corrected chi connectivity index (χ0v) is 13.2. The number of aliphatic carboxylic acids is 1. The fraction of sp³-hybridized carbons (Fsp3) is 0.500. The first-order valence-electron chi connectivity index (χ1n) is 7.02. The summed E-state index contributed by atoms with van der Waals surface area (Å²) in [7, 11) is -4.14. The molecule has 128 valence electrons. The van der Waals surface area contributed by atoms with Gasteiger partial charge in [0.25, 0.3) is 0 Å². The molecule has 0 amide bonds. The summed E-state index contributed by atoms with van der Waals surface area (Å²) in [4.78, 5) is 10.7. The van der Waals surface area contributed by atoms with Crippen LogP contribution in [-0.4, -0.2) is 43.0 Å². The predicted molar refractivity (Wildman–Crippen MR) is 76.8 cm³/mol. The van der Waals surface area contributed by atoms with Gasteiger partial charge >= 0.3 is 12.6 Å². The SMILES string of the molecule is CC1CCC(C(=O)O)CN1S(=O)(=O)c1ccccc1OC(F)F. The Morgan fingerprint density at radius 2 is 2.00 bits per heavy atom. The van der Waals surface area contributed by atoms with Crippen molar-refractivity contribution < 1.29 is 31.8 Å². The van der Waals surface area contributed by atoms with E-state index in [9.17, 15) is 22.0 Å². The molecule has 2 atom stereocenters. The Kier molecular flexibility index (Phi) is 5.20. The largest absolute Gasteiger partial charge is 0.481 e. The molecule has 1 aromatic carbocycles. The van der Waals surface area contributed by atoms with Crippen LogP contribution in [0.5, 0.6) is 5.75 Å². The Morgan fingerprint density at radius 3 is 2.61 bits per heavy atom. The fourth-order valence-corrected chi connectivity index (χ4v) is 4.42. The molecule has 1 heterocycles. The highest BCUT2D eigenvalue weighted by Gasteiger charge is 2.38. The number of sulfonamides is 1. The van der Waals surface area contributed by atoms with Gasteiger partial charge in [-0.15, -0.1) is 0 Å². The molecule has 0 spiro atoms. The summed E-state index contributed by atoms with van der Waals surface area (Å²) >= 11 is 0. The molecule has 0 aromatic heterocycles. The fourth-order valence-electron chi connectivity index (χ4n) is 2.59. The van der Waals surface area contributed by atoms with Gasteiger partial charge in [-0.2, -0.15) is 13.1 Å². The van der Waals surface area contributed by atoms with Crippen LogP contribution in [0.2, 0.25) is 0 Å². The van der Waals surface area contributed by atoms with Crippen molar-refractivity contribution in [3.05, 3.63) is 24.3 Å². The predicted octanol–water partition coefficient (Wildman–Crippen LogP) is 2.16. The quantitative estimate of drug-likeness (QED) is 0.881. The van der Waals surface area contributed by atoms with Crippen LogP contribution in [0.15, 0.2) is 29.2 Å². The second kappa shape index (κ2) is 6.79. The standard InChI is InChI=1S/C14H17F2NO5S/c1-9-6-7-10(13(18)19)8-17(9)23(20,21)12-5-3-2-4-11(12)22-14(15)16/h2-5,9-10,14H,6-8H2,1H3,(H,18,19). The van der Waals surface area contributed by atoms with Crippen molar-refractivity contribution in [3.8, 4) is 5.75 Å². The number of carboxylic acid groups (broad SMARTS) is 1. The minimum Gasteiger partial charge on any atom is -0.481 e. The zero-order valence-electron chi connectivity index (χ0n) is 12.4. The van der Waals surface area contributed by atoms with Gasteiger partial charge in [0.2, 0.25) is 10.0 Å².